The highest BCUT2D eigenvalue weighted by molar-refractivity contribution is 5.87. The van der Waals surface area contributed by atoms with Crippen molar-refractivity contribution in [2.24, 2.45) is 5.92 Å². The van der Waals surface area contributed by atoms with Gasteiger partial charge in [0.1, 0.15) is 17.0 Å². The first-order chi connectivity index (χ1) is 13.1. The number of nitrogens with one attached hydrogen (secondary N) is 1. The first kappa shape index (κ1) is 17.6. The maximum Gasteiger partial charge on any atom is 0.307 e. The molecule has 142 valence electrons. The van der Waals surface area contributed by atoms with Crippen molar-refractivity contribution in [1.82, 2.24) is 15.1 Å². The fourth-order valence-corrected chi connectivity index (χ4v) is 4.16. The van der Waals surface area contributed by atoms with E-state index in [0.29, 0.717) is 6.54 Å². The minimum absolute atomic E-state index is 0.118. The SMILES string of the molecule is COc1ccccc1-n1cc(CNC(=O)[C@@H]2CC(=O)OC23CCCC3)cn1. The summed E-state index contributed by atoms with van der Waals surface area (Å²) in [7, 11) is 1.62. The number of amides is 1. The predicted octanol–water partition coefficient (Wildman–Crippen LogP) is 2.37. The largest absolute Gasteiger partial charge is 0.494 e. The van der Waals surface area contributed by atoms with Gasteiger partial charge in [0.25, 0.3) is 0 Å². The lowest BCUT2D eigenvalue weighted by molar-refractivity contribution is -0.149. The fourth-order valence-electron chi connectivity index (χ4n) is 4.16. The lowest BCUT2D eigenvalue weighted by Gasteiger charge is -2.27. The van der Waals surface area contributed by atoms with E-state index in [0.717, 1.165) is 42.7 Å². The van der Waals surface area contributed by atoms with Crippen LogP contribution in [0.3, 0.4) is 0 Å². The average molecular weight is 369 g/mol. The van der Waals surface area contributed by atoms with Gasteiger partial charge in [-0.25, -0.2) is 4.68 Å². The topological polar surface area (TPSA) is 82.5 Å². The Morgan fingerprint density at radius 2 is 2.15 bits per heavy atom. The summed E-state index contributed by atoms with van der Waals surface area (Å²) in [5.41, 5.74) is 1.13. The van der Waals surface area contributed by atoms with Crippen LogP contribution in [0.5, 0.6) is 5.75 Å². The number of para-hydroxylation sites is 2. The van der Waals surface area contributed by atoms with Crippen LogP contribution in [0.4, 0.5) is 0 Å². The molecule has 1 aromatic carbocycles. The van der Waals surface area contributed by atoms with Gasteiger partial charge in [0.15, 0.2) is 0 Å². The van der Waals surface area contributed by atoms with Gasteiger partial charge in [0, 0.05) is 18.3 Å². The molecule has 2 aliphatic rings. The summed E-state index contributed by atoms with van der Waals surface area (Å²) in [5.74, 6) is -0.0495. The molecule has 7 nitrogen and oxygen atoms in total. The van der Waals surface area contributed by atoms with Crippen LogP contribution in [0.25, 0.3) is 5.69 Å². The van der Waals surface area contributed by atoms with E-state index >= 15 is 0 Å². The maximum absolute atomic E-state index is 12.7. The van der Waals surface area contributed by atoms with Crippen molar-refractivity contribution >= 4 is 11.9 Å². The molecule has 4 rings (SSSR count). The Hall–Kier alpha value is -2.83. The van der Waals surface area contributed by atoms with Crippen LogP contribution >= 0.6 is 0 Å². The molecule has 1 atom stereocenters. The van der Waals surface area contributed by atoms with E-state index in [4.69, 9.17) is 9.47 Å². The summed E-state index contributed by atoms with van der Waals surface area (Å²) in [6, 6.07) is 7.60. The highest BCUT2D eigenvalue weighted by atomic mass is 16.6. The molecule has 1 amide bonds. The quantitative estimate of drug-likeness (QED) is 0.818. The molecule has 1 saturated heterocycles. The van der Waals surface area contributed by atoms with Gasteiger partial charge < -0.3 is 14.8 Å². The van der Waals surface area contributed by atoms with Crippen LogP contribution in [-0.4, -0.2) is 34.4 Å². The van der Waals surface area contributed by atoms with Crippen LogP contribution < -0.4 is 10.1 Å². The van der Waals surface area contributed by atoms with E-state index in [-0.39, 0.29) is 18.3 Å². The number of ether oxygens (including phenoxy) is 2. The summed E-state index contributed by atoms with van der Waals surface area (Å²) in [5, 5.41) is 7.31. The summed E-state index contributed by atoms with van der Waals surface area (Å²) in [6.45, 7) is 0.356. The zero-order chi connectivity index (χ0) is 18.9. The normalized spacial score (nSPS) is 20.6. The van der Waals surface area contributed by atoms with Gasteiger partial charge in [-0.05, 0) is 37.8 Å². The van der Waals surface area contributed by atoms with Crippen LogP contribution in [0.1, 0.15) is 37.7 Å². The monoisotopic (exact) mass is 369 g/mol. The first-order valence-corrected chi connectivity index (χ1v) is 9.28. The van der Waals surface area contributed by atoms with Crippen LogP contribution in [-0.2, 0) is 20.9 Å². The number of carbonyl (C=O) groups is 2. The third-order valence-corrected chi connectivity index (χ3v) is 5.52. The minimum atomic E-state index is -0.581. The third kappa shape index (κ3) is 3.29. The second-order valence-corrected chi connectivity index (χ2v) is 7.19. The molecular weight excluding hydrogens is 346 g/mol. The Morgan fingerprint density at radius 1 is 1.37 bits per heavy atom. The predicted molar refractivity (Wildman–Crippen MR) is 97.4 cm³/mol. The average Bonchev–Trinajstić information content (AvgIpc) is 3.41. The molecule has 1 N–H and O–H groups in total. The number of esters is 1. The zero-order valence-electron chi connectivity index (χ0n) is 15.3. The van der Waals surface area contributed by atoms with E-state index < -0.39 is 11.5 Å². The number of benzene rings is 1. The number of carbonyl (C=O) groups excluding carboxylic acids is 2. The Morgan fingerprint density at radius 3 is 2.93 bits per heavy atom. The van der Waals surface area contributed by atoms with Crippen molar-refractivity contribution in [3.8, 4) is 11.4 Å². The second kappa shape index (κ2) is 7.06. The van der Waals surface area contributed by atoms with Crippen molar-refractivity contribution < 1.29 is 19.1 Å². The third-order valence-electron chi connectivity index (χ3n) is 5.52. The van der Waals surface area contributed by atoms with Gasteiger partial charge in [-0.3, -0.25) is 9.59 Å². The molecule has 7 heteroatoms. The van der Waals surface area contributed by atoms with Gasteiger partial charge in [-0.15, -0.1) is 0 Å². The Labute approximate surface area is 157 Å². The minimum Gasteiger partial charge on any atom is -0.494 e. The van der Waals surface area contributed by atoms with Gasteiger partial charge in [0.2, 0.25) is 5.91 Å². The maximum atomic E-state index is 12.7. The molecule has 27 heavy (non-hydrogen) atoms. The van der Waals surface area contributed by atoms with Crippen LogP contribution in [0.2, 0.25) is 0 Å². The molecule has 1 aliphatic carbocycles. The van der Waals surface area contributed by atoms with Gasteiger partial charge in [0.05, 0.1) is 25.6 Å². The molecule has 2 aromatic rings. The number of methoxy groups -OCH3 is 1. The standard InChI is InChI=1S/C20H23N3O4/c1-26-17-7-3-2-6-16(17)23-13-14(12-22-23)11-21-19(25)15-10-18(24)27-20(15)8-4-5-9-20/h2-3,6-7,12-13,15H,4-5,8-11H2,1H3,(H,21,25)/t15-/m0/s1. The lowest BCUT2D eigenvalue weighted by atomic mass is 9.85. The van der Waals surface area contributed by atoms with Crippen molar-refractivity contribution in [1.29, 1.82) is 0 Å². The Balaban J connectivity index is 1.43. The molecule has 2 heterocycles. The van der Waals surface area contributed by atoms with E-state index in [2.05, 4.69) is 10.4 Å². The zero-order valence-corrected chi connectivity index (χ0v) is 15.3. The van der Waals surface area contributed by atoms with E-state index in [1.165, 1.54) is 0 Å². The number of hydrogen-bond donors (Lipinski definition) is 1. The summed E-state index contributed by atoms with van der Waals surface area (Å²) < 4.78 is 12.6. The highest BCUT2D eigenvalue weighted by Crippen LogP contribution is 2.45. The smallest absolute Gasteiger partial charge is 0.307 e. The molecule has 1 saturated carbocycles. The van der Waals surface area contributed by atoms with Crippen molar-refractivity contribution in [2.45, 2.75) is 44.2 Å². The summed E-state index contributed by atoms with van der Waals surface area (Å²) >= 11 is 0. The molecular formula is C20H23N3O4. The fraction of sp³-hybridized carbons (Fsp3) is 0.450. The molecule has 1 spiro atoms. The van der Waals surface area contributed by atoms with E-state index in [1.54, 1.807) is 18.0 Å². The highest BCUT2D eigenvalue weighted by Gasteiger charge is 2.53. The van der Waals surface area contributed by atoms with E-state index in [9.17, 15) is 9.59 Å². The van der Waals surface area contributed by atoms with E-state index in [1.807, 2.05) is 30.5 Å². The lowest BCUT2D eigenvalue weighted by Crippen LogP contribution is -2.42. The number of aromatic nitrogens is 2. The Kier molecular flexibility index (Phi) is 4.59. The first-order valence-electron chi connectivity index (χ1n) is 9.28. The summed E-state index contributed by atoms with van der Waals surface area (Å²) in [6.07, 6.45) is 7.32. The molecule has 0 radical (unpaired) electrons. The summed E-state index contributed by atoms with van der Waals surface area (Å²) in [4.78, 5) is 24.5. The molecule has 1 aromatic heterocycles. The van der Waals surface area contributed by atoms with Crippen LogP contribution in [0, 0.1) is 5.92 Å². The van der Waals surface area contributed by atoms with Gasteiger partial charge in [-0.1, -0.05) is 12.1 Å². The molecule has 0 unspecified atom stereocenters. The Bertz CT molecular complexity index is 854. The number of rotatable bonds is 5. The van der Waals surface area contributed by atoms with Gasteiger partial charge in [-0.2, -0.15) is 5.10 Å². The van der Waals surface area contributed by atoms with Crippen molar-refractivity contribution in [2.75, 3.05) is 7.11 Å². The van der Waals surface area contributed by atoms with Gasteiger partial charge >= 0.3 is 5.97 Å². The van der Waals surface area contributed by atoms with Crippen molar-refractivity contribution in [3.05, 3.63) is 42.2 Å². The second-order valence-electron chi connectivity index (χ2n) is 7.19. The van der Waals surface area contributed by atoms with Crippen molar-refractivity contribution in [3.63, 3.8) is 0 Å². The number of nitrogens with zero attached hydrogens (tertiary/aromatic N) is 2. The molecule has 0 bridgehead atoms. The number of hydrogen-bond acceptors (Lipinski definition) is 5. The molecule has 2 fully saturated rings. The van der Waals surface area contributed by atoms with Crippen LogP contribution in [0.15, 0.2) is 36.7 Å². The molecule has 1 aliphatic heterocycles.